The summed E-state index contributed by atoms with van der Waals surface area (Å²) in [5, 5.41) is 0. The third kappa shape index (κ3) is 12.1. The van der Waals surface area contributed by atoms with Crippen molar-refractivity contribution in [2.75, 3.05) is 0 Å². The van der Waals surface area contributed by atoms with E-state index in [-0.39, 0.29) is 0 Å². The van der Waals surface area contributed by atoms with E-state index in [4.69, 9.17) is 4.98 Å². The van der Waals surface area contributed by atoms with Gasteiger partial charge in [0, 0.05) is 6.54 Å². The topological polar surface area (TPSA) is 17.8 Å². The van der Waals surface area contributed by atoms with Crippen molar-refractivity contribution in [1.82, 2.24) is 9.55 Å². The molecule has 1 aromatic heterocycles. The third-order valence-electron chi connectivity index (χ3n) is 7.64. The molecule has 0 unspecified atom stereocenters. The van der Waals surface area contributed by atoms with Crippen molar-refractivity contribution >= 4 is 17.1 Å². The summed E-state index contributed by atoms with van der Waals surface area (Å²) >= 11 is 0. The van der Waals surface area contributed by atoms with Crippen molar-refractivity contribution in [3.8, 4) is 0 Å². The molecule has 0 saturated heterocycles. The molecule has 2 nitrogen and oxygen atoms in total. The number of fused-ring (bicyclic) bond motifs is 1. The SMILES string of the molecule is CC(C)=CCC/C(C)=C/CC/C(C)=C/Cn1c(/C=C(\C)CC/C=C(\C)CCC=C(C)C)nc2cc(C)c(C)cc21. The fraction of sp³-hybridized carbons (Fsp3) is 0.500. The molecular formula is C38H56N2. The third-order valence-corrected chi connectivity index (χ3v) is 7.64. The van der Waals surface area contributed by atoms with Crippen LogP contribution >= 0.6 is 0 Å². The molecule has 0 bridgehead atoms. The Kier molecular flexibility index (Phi) is 14.2. The van der Waals surface area contributed by atoms with Gasteiger partial charge in [-0.1, -0.05) is 63.8 Å². The minimum absolute atomic E-state index is 0.858. The molecule has 0 spiro atoms. The normalized spacial score (nSPS) is 13.2. The lowest BCUT2D eigenvalue weighted by molar-refractivity contribution is 0.817. The number of aromatic nitrogens is 2. The van der Waals surface area contributed by atoms with E-state index in [0.717, 1.165) is 69.3 Å². The molecule has 2 rings (SSSR count). The zero-order valence-electron chi connectivity index (χ0n) is 27.4. The van der Waals surface area contributed by atoms with Crippen LogP contribution in [0.5, 0.6) is 0 Å². The highest BCUT2D eigenvalue weighted by atomic mass is 15.1. The summed E-state index contributed by atoms with van der Waals surface area (Å²) in [6.45, 7) is 23.0. The monoisotopic (exact) mass is 540 g/mol. The van der Waals surface area contributed by atoms with Crippen molar-refractivity contribution in [3.63, 3.8) is 0 Å². The van der Waals surface area contributed by atoms with Gasteiger partial charge in [0.2, 0.25) is 0 Å². The van der Waals surface area contributed by atoms with Crippen LogP contribution in [-0.2, 0) is 6.54 Å². The van der Waals surface area contributed by atoms with E-state index in [1.165, 1.54) is 50.1 Å². The molecule has 2 heteroatoms. The number of allylic oxidation sites excluding steroid dienone is 11. The van der Waals surface area contributed by atoms with Crippen molar-refractivity contribution < 1.29 is 0 Å². The number of benzene rings is 1. The summed E-state index contributed by atoms with van der Waals surface area (Å²) in [6.07, 6.45) is 23.2. The fourth-order valence-electron chi connectivity index (χ4n) is 4.82. The second-order valence-corrected chi connectivity index (χ2v) is 12.4. The average Bonchev–Trinajstić information content (AvgIpc) is 3.17. The first-order chi connectivity index (χ1) is 19.0. The molecule has 0 fully saturated rings. The van der Waals surface area contributed by atoms with Crippen LogP contribution in [0.1, 0.15) is 124 Å². The first kappa shape index (κ1) is 33.3. The van der Waals surface area contributed by atoms with Gasteiger partial charge in [-0.15, -0.1) is 0 Å². The molecule has 0 saturated carbocycles. The van der Waals surface area contributed by atoms with Gasteiger partial charge in [-0.3, -0.25) is 0 Å². The fourth-order valence-corrected chi connectivity index (χ4v) is 4.82. The number of rotatable bonds is 15. The molecule has 40 heavy (non-hydrogen) atoms. The molecule has 0 amide bonds. The van der Waals surface area contributed by atoms with Gasteiger partial charge in [0.1, 0.15) is 5.82 Å². The first-order valence-electron chi connectivity index (χ1n) is 15.3. The summed E-state index contributed by atoms with van der Waals surface area (Å²) in [7, 11) is 0. The zero-order chi connectivity index (χ0) is 29.7. The van der Waals surface area contributed by atoms with Gasteiger partial charge in [0.25, 0.3) is 0 Å². The number of imidazole rings is 1. The van der Waals surface area contributed by atoms with E-state index in [2.05, 4.69) is 122 Å². The van der Waals surface area contributed by atoms with Crippen LogP contribution in [0, 0.1) is 13.8 Å². The maximum atomic E-state index is 5.08. The maximum Gasteiger partial charge on any atom is 0.134 e. The Morgan fingerprint density at radius 2 is 1.05 bits per heavy atom. The number of nitrogens with zero attached hydrogens (tertiary/aromatic N) is 2. The van der Waals surface area contributed by atoms with Crippen LogP contribution in [0.4, 0.5) is 0 Å². The van der Waals surface area contributed by atoms with Gasteiger partial charge in [0.15, 0.2) is 0 Å². The maximum absolute atomic E-state index is 5.08. The summed E-state index contributed by atoms with van der Waals surface area (Å²) < 4.78 is 2.40. The molecule has 0 N–H and O–H groups in total. The second kappa shape index (κ2) is 17.1. The van der Waals surface area contributed by atoms with Gasteiger partial charge >= 0.3 is 0 Å². The van der Waals surface area contributed by atoms with Crippen molar-refractivity contribution in [2.24, 2.45) is 0 Å². The summed E-state index contributed by atoms with van der Waals surface area (Å²) in [6, 6.07) is 4.55. The highest BCUT2D eigenvalue weighted by Crippen LogP contribution is 2.24. The lowest BCUT2D eigenvalue weighted by atomic mass is 10.1. The van der Waals surface area contributed by atoms with Crippen molar-refractivity contribution in [1.29, 1.82) is 0 Å². The molecular weight excluding hydrogens is 484 g/mol. The van der Waals surface area contributed by atoms with Crippen molar-refractivity contribution in [3.05, 3.63) is 92.9 Å². The van der Waals surface area contributed by atoms with E-state index < -0.39 is 0 Å². The molecule has 0 radical (unpaired) electrons. The Balaban J connectivity index is 2.14. The highest BCUT2D eigenvalue weighted by molar-refractivity contribution is 5.80. The molecule has 2 aromatic rings. The molecule has 0 aliphatic carbocycles. The van der Waals surface area contributed by atoms with E-state index >= 15 is 0 Å². The van der Waals surface area contributed by atoms with Gasteiger partial charge in [-0.2, -0.15) is 0 Å². The van der Waals surface area contributed by atoms with Crippen LogP contribution in [0.2, 0.25) is 0 Å². The molecule has 218 valence electrons. The molecule has 0 atom stereocenters. The predicted molar refractivity (Wildman–Crippen MR) is 180 cm³/mol. The molecule has 1 aromatic carbocycles. The summed E-state index contributed by atoms with van der Waals surface area (Å²) in [5.41, 5.74) is 13.6. The van der Waals surface area contributed by atoms with E-state index in [1.807, 2.05) is 0 Å². The number of hydrogen-bond acceptors (Lipinski definition) is 1. The highest BCUT2D eigenvalue weighted by Gasteiger charge is 2.10. The first-order valence-corrected chi connectivity index (χ1v) is 15.3. The summed E-state index contributed by atoms with van der Waals surface area (Å²) in [4.78, 5) is 5.08. The lowest BCUT2D eigenvalue weighted by Gasteiger charge is -2.08. The smallest absolute Gasteiger partial charge is 0.134 e. The van der Waals surface area contributed by atoms with Crippen LogP contribution in [0.15, 0.2) is 76.0 Å². The largest absolute Gasteiger partial charge is 0.321 e. The van der Waals surface area contributed by atoms with Crippen molar-refractivity contribution in [2.45, 2.75) is 127 Å². The minimum Gasteiger partial charge on any atom is -0.321 e. The Morgan fingerprint density at radius 3 is 1.57 bits per heavy atom. The van der Waals surface area contributed by atoms with Gasteiger partial charge in [0.05, 0.1) is 11.0 Å². The van der Waals surface area contributed by atoms with Gasteiger partial charge in [-0.25, -0.2) is 4.98 Å². The minimum atomic E-state index is 0.858. The molecule has 1 heterocycles. The number of hydrogen-bond donors (Lipinski definition) is 0. The van der Waals surface area contributed by atoms with Gasteiger partial charge in [-0.05, 0) is 150 Å². The Labute approximate surface area is 246 Å². The van der Waals surface area contributed by atoms with Crippen LogP contribution in [0.3, 0.4) is 0 Å². The predicted octanol–water partition coefficient (Wildman–Crippen LogP) is 11.9. The number of aryl methyl sites for hydroxylation is 2. The second-order valence-electron chi connectivity index (χ2n) is 12.4. The van der Waals surface area contributed by atoms with E-state index in [9.17, 15) is 0 Å². The quantitative estimate of drug-likeness (QED) is 0.205. The van der Waals surface area contributed by atoms with Crippen LogP contribution in [-0.4, -0.2) is 9.55 Å². The van der Waals surface area contributed by atoms with E-state index in [1.54, 1.807) is 0 Å². The van der Waals surface area contributed by atoms with Crippen LogP contribution < -0.4 is 0 Å². The Bertz CT molecular complexity index is 1290. The Hall–Kier alpha value is -2.87. The molecule has 0 aliphatic heterocycles. The van der Waals surface area contributed by atoms with E-state index in [0.29, 0.717) is 0 Å². The lowest BCUT2D eigenvalue weighted by Crippen LogP contribution is -2.00. The molecule has 0 aliphatic rings. The standard InChI is InChI=1S/C38H56N2/c1-28(2)15-11-17-30(5)19-13-21-32(7)23-24-40-37-27-35(10)34(9)26-36(37)39-38(40)25-33(8)22-14-20-31(6)18-12-16-29(3)4/h15-16,19-20,23,25-27H,11-14,17-18,21-22,24H2,1-10H3/b30-19+,31-20+,32-23+,33-25+. The van der Waals surface area contributed by atoms with Crippen LogP contribution in [0.25, 0.3) is 17.1 Å². The summed E-state index contributed by atoms with van der Waals surface area (Å²) in [5.74, 6) is 1.07. The Morgan fingerprint density at radius 1 is 0.600 bits per heavy atom. The van der Waals surface area contributed by atoms with Gasteiger partial charge < -0.3 is 4.57 Å². The average molecular weight is 541 g/mol. The zero-order valence-corrected chi connectivity index (χ0v) is 27.4.